The van der Waals surface area contributed by atoms with Gasteiger partial charge in [0.15, 0.2) is 0 Å². The summed E-state index contributed by atoms with van der Waals surface area (Å²) in [6.45, 7) is 2.45. The second-order valence-electron chi connectivity index (χ2n) is 2.35. The van der Waals surface area contributed by atoms with Crippen LogP contribution in [0.5, 0.6) is 0 Å². The fraction of sp³-hybridized carbons (Fsp3) is 0.833. The number of carbonyl (C=O) groups excluding carboxylic acids is 1. The van der Waals surface area contributed by atoms with Crippen LogP contribution in [0.4, 0.5) is 4.79 Å². The Morgan fingerprint density at radius 3 is 3.00 bits per heavy atom. The maximum absolute atomic E-state index is 10.5. The zero-order valence-electron chi connectivity index (χ0n) is 5.67. The molecule has 0 aromatic rings. The van der Waals surface area contributed by atoms with Crippen LogP contribution < -0.4 is 0 Å². The van der Waals surface area contributed by atoms with Gasteiger partial charge in [-0.05, 0) is 0 Å². The third kappa shape index (κ3) is 1.62. The lowest BCUT2D eigenvalue weighted by molar-refractivity contribution is -0.0437. The summed E-state index contributed by atoms with van der Waals surface area (Å²) in [7, 11) is 0. The molecule has 4 heteroatoms. The van der Waals surface area contributed by atoms with E-state index in [2.05, 4.69) is 20.7 Å². The molecule has 0 saturated carbocycles. The Kier molecular flexibility index (Phi) is 2.54. The van der Waals surface area contributed by atoms with Gasteiger partial charge in [-0.2, -0.15) is 0 Å². The van der Waals surface area contributed by atoms with Gasteiger partial charge in [0.05, 0.1) is 0 Å². The van der Waals surface area contributed by atoms with Crippen molar-refractivity contribution in [3.63, 3.8) is 0 Å². The number of cyclic esters (lactones) is 2. The van der Waals surface area contributed by atoms with E-state index in [1.54, 1.807) is 0 Å². The highest BCUT2D eigenvalue weighted by molar-refractivity contribution is 9.09. The van der Waals surface area contributed by atoms with Gasteiger partial charge in [0.2, 0.25) is 0 Å². The highest BCUT2D eigenvalue weighted by Crippen LogP contribution is 2.16. The summed E-state index contributed by atoms with van der Waals surface area (Å²) in [5.74, 6) is 0.289. The van der Waals surface area contributed by atoms with Crippen molar-refractivity contribution in [2.24, 2.45) is 5.92 Å². The first-order chi connectivity index (χ1) is 4.74. The number of halogens is 1. The third-order valence-corrected chi connectivity index (χ3v) is 2.14. The molecule has 1 heterocycles. The molecule has 1 aliphatic heterocycles. The monoisotopic (exact) mass is 208 g/mol. The molecule has 2 unspecified atom stereocenters. The molecule has 0 aliphatic carbocycles. The van der Waals surface area contributed by atoms with Crippen molar-refractivity contribution in [2.45, 2.75) is 13.0 Å². The smallest absolute Gasteiger partial charge is 0.434 e. The van der Waals surface area contributed by atoms with Crippen molar-refractivity contribution in [3.05, 3.63) is 0 Å². The molecular weight excluding hydrogens is 200 g/mol. The molecule has 0 amide bonds. The largest absolute Gasteiger partial charge is 0.508 e. The molecule has 0 aromatic heterocycles. The number of hydrogen-bond acceptors (Lipinski definition) is 3. The maximum Gasteiger partial charge on any atom is 0.508 e. The molecule has 0 N–H and O–H groups in total. The molecule has 0 radical (unpaired) electrons. The summed E-state index contributed by atoms with van der Waals surface area (Å²) < 4.78 is 9.48. The minimum atomic E-state index is -0.553. The van der Waals surface area contributed by atoms with E-state index in [0.717, 1.165) is 0 Å². The van der Waals surface area contributed by atoms with Crippen LogP contribution in [0, 0.1) is 5.92 Å². The maximum atomic E-state index is 10.5. The van der Waals surface area contributed by atoms with E-state index in [4.69, 9.17) is 4.74 Å². The summed E-state index contributed by atoms with van der Waals surface area (Å²) in [4.78, 5) is 10.5. The fourth-order valence-electron chi connectivity index (χ4n) is 0.764. The van der Waals surface area contributed by atoms with Gasteiger partial charge in [0.25, 0.3) is 0 Å². The topological polar surface area (TPSA) is 35.5 Å². The zero-order chi connectivity index (χ0) is 7.56. The molecule has 10 heavy (non-hydrogen) atoms. The predicted molar refractivity (Wildman–Crippen MR) is 39.2 cm³/mol. The highest BCUT2D eigenvalue weighted by Gasteiger charge is 2.27. The molecule has 1 fully saturated rings. The number of hydrogen-bond donors (Lipinski definition) is 0. The minimum Gasteiger partial charge on any atom is -0.434 e. The average Bonchev–Trinajstić information content (AvgIpc) is 1.94. The van der Waals surface area contributed by atoms with Crippen LogP contribution in [0.3, 0.4) is 0 Å². The SMILES string of the molecule is CC1COC(=O)OC1CBr. The van der Waals surface area contributed by atoms with Crippen LogP contribution in [-0.2, 0) is 9.47 Å². The summed E-state index contributed by atoms with van der Waals surface area (Å²) in [6.07, 6.45) is -0.580. The summed E-state index contributed by atoms with van der Waals surface area (Å²) in [5.41, 5.74) is 0. The van der Waals surface area contributed by atoms with Crippen molar-refractivity contribution in [3.8, 4) is 0 Å². The average molecular weight is 209 g/mol. The molecule has 0 aromatic carbocycles. The van der Waals surface area contributed by atoms with Gasteiger partial charge in [-0.15, -0.1) is 0 Å². The highest BCUT2D eigenvalue weighted by atomic mass is 79.9. The van der Waals surface area contributed by atoms with E-state index >= 15 is 0 Å². The van der Waals surface area contributed by atoms with E-state index in [9.17, 15) is 4.79 Å². The molecule has 1 aliphatic rings. The Labute approximate surface area is 67.8 Å². The van der Waals surface area contributed by atoms with E-state index in [1.165, 1.54) is 0 Å². The molecule has 1 rings (SSSR count). The number of ether oxygens (including phenoxy) is 2. The van der Waals surface area contributed by atoms with Crippen LogP contribution in [0.15, 0.2) is 0 Å². The van der Waals surface area contributed by atoms with Gasteiger partial charge in [-0.3, -0.25) is 0 Å². The van der Waals surface area contributed by atoms with Crippen LogP contribution in [-0.4, -0.2) is 24.2 Å². The lowest BCUT2D eigenvalue weighted by atomic mass is 10.1. The van der Waals surface area contributed by atoms with Crippen LogP contribution >= 0.6 is 15.9 Å². The van der Waals surface area contributed by atoms with E-state index in [0.29, 0.717) is 11.9 Å². The Morgan fingerprint density at radius 1 is 1.80 bits per heavy atom. The Hall–Kier alpha value is -0.250. The van der Waals surface area contributed by atoms with E-state index in [-0.39, 0.29) is 12.0 Å². The van der Waals surface area contributed by atoms with Gasteiger partial charge in [-0.1, -0.05) is 22.9 Å². The zero-order valence-corrected chi connectivity index (χ0v) is 7.26. The first-order valence-corrected chi connectivity index (χ1v) is 4.25. The van der Waals surface area contributed by atoms with Crippen molar-refractivity contribution in [1.82, 2.24) is 0 Å². The quantitative estimate of drug-likeness (QED) is 0.485. The lowest BCUT2D eigenvalue weighted by Gasteiger charge is -2.26. The lowest BCUT2D eigenvalue weighted by Crippen LogP contribution is -2.36. The van der Waals surface area contributed by atoms with E-state index < -0.39 is 6.16 Å². The molecular formula is C6H9BrO3. The van der Waals surface area contributed by atoms with Crippen LogP contribution in [0.25, 0.3) is 0 Å². The molecule has 58 valence electrons. The third-order valence-electron chi connectivity index (χ3n) is 1.50. The Balaban J connectivity index is 2.45. The first kappa shape index (κ1) is 7.85. The molecule has 0 spiro atoms. The molecule has 0 bridgehead atoms. The second kappa shape index (κ2) is 3.23. The standard InChI is InChI=1S/C6H9BrO3/c1-4-3-9-6(8)10-5(4)2-7/h4-5H,2-3H2,1H3. The van der Waals surface area contributed by atoms with Crippen molar-refractivity contribution >= 4 is 22.1 Å². The second-order valence-corrected chi connectivity index (χ2v) is 3.00. The van der Waals surface area contributed by atoms with Crippen molar-refractivity contribution in [1.29, 1.82) is 0 Å². The van der Waals surface area contributed by atoms with Crippen LogP contribution in [0.1, 0.15) is 6.92 Å². The van der Waals surface area contributed by atoms with Crippen LogP contribution in [0.2, 0.25) is 0 Å². The van der Waals surface area contributed by atoms with Gasteiger partial charge < -0.3 is 9.47 Å². The minimum absolute atomic E-state index is 0.0266. The number of rotatable bonds is 1. The van der Waals surface area contributed by atoms with Gasteiger partial charge in [-0.25, -0.2) is 4.79 Å². The van der Waals surface area contributed by atoms with Crippen molar-refractivity contribution < 1.29 is 14.3 Å². The predicted octanol–water partition coefficient (Wildman–Crippen LogP) is 1.55. The molecule has 1 saturated heterocycles. The molecule has 2 atom stereocenters. The normalized spacial score (nSPS) is 32.8. The Bertz CT molecular complexity index is 137. The molecule has 3 nitrogen and oxygen atoms in total. The van der Waals surface area contributed by atoms with Crippen molar-refractivity contribution in [2.75, 3.05) is 11.9 Å². The Morgan fingerprint density at radius 2 is 2.50 bits per heavy atom. The van der Waals surface area contributed by atoms with Gasteiger partial charge in [0.1, 0.15) is 12.7 Å². The first-order valence-electron chi connectivity index (χ1n) is 3.13. The van der Waals surface area contributed by atoms with Gasteiger partial charge in [0, 0.05) is 11.2 Å². The fourth-order valence-corrected chi connectivity index (χ4v) is 1.53. The van der Waals surface area contributed by atoms with E-state index in [1.807, 2.05) is 6.92 Å². The number of carbonyl (C=O) groups is 1. The summed E-state index contributed by atoms with van der Waals surface area (Å²) in [6, 6.07) is 0. The number of alkyl halides is 1. The summed E-state index contributed by atoms with van der Waals surface area (Å²) in [5, 5.41) is 0.684. The van der Waals surface area contributed by atoms with Gasteiger partial charge >= 0.3 is 6.16 Å². The summed E-state index contributed by atoms with van der Waals surface area (Å²) >= 11 is 3.25.